The Bertz CT molecular complexity index is 638. The Labute approximate surface area is 123 Å². The molecule has 112 valence electrons. The highest BCUT2D eigenvalue weighted by Gasteiger charge is 2.32. The quantitative estimate of drug-likeness (QED) is 0.923. The third-order valence-corrected chi connectivity index (χ3v) is 3.80. The molecule has 1 N–H and O–H groups in total. The average Bonchev–Trinajstić information content (AvgIpc) is 2.89. The van der Waals surface area contributed by atoms with Crippen molar-refractivity contribution in [2.75, 3.05) is 11.9 Å². The zero-order valence-electron chi connectivity index (χ0n) is 11.0. The maximum atomic E-state index is 12.7. The van der Waals surface area contributed by atoms with Crippen molar-refractivity contribution in [3.8, 4) is 0 Å². The lowest BCUT2D eigenvalue weighted by Crippen LogP contribution is -2.19. The number of thiophene rings is 1. The number of carboxylic acids is 1. The molecule has 2 rings (SSSR count). The normalized spacial score (nSPS) is 11.4. The lowest BCUT2D eigenvalue weighted by atomic mass is 10.1. The Hall–Kier alpha value is -2.02. The van der Waals surface area contributed by atoms with Crippen LogP contribution in [0, 0.1) is 0 Å². The minimum Gasteiger partial charge on any atom is -0.478 e. The van der Waals surface area contributed by atoms with E-state index in [1.54, 1.807) is 11.9 Å². The molecule has 0 aliphatic rings. The monoisotopic (exact) mass is 315 g/mol. The second-order valence-corrected chi connectivity index (χ2v) is 5.50. The first-order valence-corrected chi connectivity index (χ1v) is 6.85. The molecular formula is C14H12F3NO2S. The van der Waals surface area contributed by atoms with Gasteiger partial charge in [-0.25, -0.2) is 4.79 Å². The number of anilines is 1. The zero-order chi connectivity index (χ0) is 15.6. The molecule has 0 saturated carbocycles. The molecule has 1 aromatic carbocycles. The molecule has 0 aliphatic heterocycles. The van der Waals surface area contributed by atoms with E-state index in [4.69, 9.17) is 5.11 Å². The van der Waals surface area contributed by atoms with Crippen LogP contribution in [0.5, 0.6) is 0 Å². The minimum absolute atomic E-state index is 0.254. The number of hydrogen-bond acceptors (Lipinski definition) is 3. The molecule has 0 atom stereocenters. The molecular weight excluding hydrogens is 303 g/mol. The van der Waals surface area contributed by atoms with Gasteiger partial charge in [-0.05, 0) is 29.6 Å². The zero-order valence-corrected chi connectivity index (χ0v) is 11.8. The Morgan fingerprint density at radius 1 is 1.33 bits per heavy atom. The SMILES string of the molecule is CN(Cc1cccs1)c1ccc(C(F)(F)F)cc1C(=O)O. The standard InChI is InChI=1S/C14H12F3NO2S/c1-18(8-10-3-2-6-21-10)12-5-4-9(14(15,16)17)7-11(12)13(19)20/h2-7H,8H2,1H3,(H,19,20). The third-order valence-electron chi connectivity index (χ3n) is 2.94. The summed E-state index contributed by atoms with van der Waals surface area (Å²) in [5.41, 5.74) is -1.07. The maximum absolute atomic E-state index is 12.7. The van der Waals surface area contributed by atoms with Gasteiger partial charge < -0.3 is 10.0 Å². The van der Waals surface area contributed by atoms with Crippen LogP contribution in [0.15, 0.2) is 35.7 Å². The van der Waals surface area contributed by atoms with E-state index < -0.39 is 17.7 Å². The van der Waals surface area contributed by atoms with Crippen LogP contribution in [0.1, 0.15) is 20.8 Å². The van der Waals surface area contributed by atoms with Gasteiger partial charge in [-0.1, -0.05) is 6.07 Å². The molecule has 0 saturated heterocycles. The van der Waals surface area contributed by atoms with E-state index in [9.17, 15) is 18.0 Å². The molecule has 3 nitrogen and oxygen atoms in total. The Kier molecular flexibility index (Phi) is 4.22. The van der Waals surface area contributed by atoms with Crippen molar-refractivity contribution in [2.45, 2.75) is 12.7 Å². The van der Waals surface area contributed by atoms with Gasteiger partial charge in [-0.3, -0.25) is 0 Å². The van der Waals surface area contributed by atoms with Crippen LogP contribution in [0.4, 0.5) is 18.9 Å². The van der Waals surface area contributed by atoms with Crippen molar-refractivity contribution in [2.24, 2.45) is 0 Å². The fourth-order valence-electron chi connectivity index (χ4n) is 1.94. The number of alkyl halides is 3. The van der Waals surface area contributed by atoms with Crippen LogP contribution in [-0.4, -0.2) is 18.1 Å². The molecule has 2 aromatic rings. The minimum atomic E-state index is -4.56. The molecule has 0 bridgehead atoms. The summed E-state index contributed by atoms with van der Waals surface area (Å²) < 4.78 is 38.0. The summed E-state index contributed by atoms with van der Waals surface area (Å²) in [5.74, 6) is -1.38. The van der Waals surface area contributed by atoms with Gasteiger partial charge in [0.2, 0.25) is 0 Å². The first-order valence-electron chi connectivity index (χ1n) is 5.97. The number of benzene rings is 1. The fraction of sp³-hybridized carbons (Fsp3) is 0.214. The number of halogens is 3. The summed E-state index contributed by atoms with van der Waals surface area (Å²) in [5, 5.41) is 11.0. The van der Waals surface area contributed by atoms with Crippen LogP contribution < -0.4 is 4.90 Å². The van der Waals surface area contributed by atoms with Gasteiger partial charge in [0.05, 0.1) is 23.4 Å². The average molecular weight is 315 g/mol. The smallest absolute Gasteiger partial charge is 0.416 e. The third kappa shape index (κ3) is 3.55. The second kappa shape index (κ2) is 5.77. The Morgan fingerprint density at radius 2 is 2.05 bits per heavy atom. The van der Waals surface area contributed by atoms with Gasteiger partial charge in [0.25, 0.3) is 0 Å². The van der Waals surface area contributed by atoms with E-state index in [0.29, 0.717) is 12.6 Å². The van der Waals surface area contributed by atoms with Crippen molar-refractivity contribution >= 4 is 23.0 Å². The molecule has 1 aromatic heterocycles. The van der Waals surface area contributed by atoms with Crippen LogP contribution in [0.3, 0.4) is 0 Å². The van der Waals surface area contributed by atoms with Crippen LogP contribution >= 0.6 is 11.3 Å². The fourth-order valence-corrected chi connectivity index (χ4v) is 2.70. The lowest BCUT2D eigenvalue weighted by Gasteiger charge is -2.21. The predicted molar refractivity (Wildman–Crippen MR) is 74.8 cm³/mol. The van der Waals surface area contributed by atoms with E-state index in [-0.39, 0.29) is 11.3 Å². The van der Waals surface area contributed by atoms with Crippen LogP contribution in [0.25, 0.3) is 0 Å². The molecule has 0 radical (unpaired) electrons. The lowest BCUT2D eigenvalue weighted by molar-refractivity contribution is -0.137. The highest BCUT2D eigenvalue weighted by molar-refractivity contribution is 7.09. The van der Waals surface area contributed by atoms with E-state index >= 15 is 0 Å². The summed E-state index contributed by atoms with van der Waals surface area (Å²) in [6.07, 6.45) is -4.56. The predicted octanol–water partition coefficient (Wildman–Crippen LogP) is 4.10. The van der Waals surface area contributed by atoms with Gasteiger partial charge in [-0.15, -0.1) is 11.3 Å². The second-order valence-electron chi connectivity index (χ2n) is 4.47. The summed E-state index contributed by atoms with van der Waals surface area (Å²) >= 11 is 1.50. The van der Waals surface area contributed by atoms with Crippen molar-refractivity contribution in [1.82, 2.24) is 0 Å². The number of carbonyl (C=O) groups is 1. The van der Waals surface area contributed by atoms with Crippen molar-refractivity contribution < 1.29 is 23.1 Å². The number of rotatable bonds is 4. The molecule has 21 heavy (non-hydrogen) atoms. The van der Waals surface area contributed by atoms with E-state index in [1.807, 2.05) is 17.5 Å². The summed E-state index contributed by atoms with van der Waals surface area (Å²) in [4.78, 5) is 13.8. The number of nitrogens with zero attached hydrogens (tertiary/aromatic N) is 1. The summed E-state index contributed by atoms with van der Waals surface area (Å²) in [6, 6.07) is 6.50. The van der Waals surface area contributed by atoms with Gasteiger partial charge in [0.15, 0.2) is 0 Å². The van der Waals surface area contributed by atoms with Gasteiger partial charge in [0, 0.05) is 11.9 Å². The van der Waals surface area contributed by atoms with Crippen molar-refractivity contribution in [3.05, 3.63) is 51.7 Å². The molecule has 7 heteroatoms. The Balaban J connectivity index is 2.36. The molecule has 0 spiro atoms. The van der Waals surface area contributed by atoms with Crippen molar-refractivity contribution in [3.63, 3.8) is 0 Å². The van der Waals surface area contributed by atoms with Crippen LogP contribution in [0.2, 0.25) is 0 Å². The molecule has 0 amide bonds. The topological polar surface area (TPSA) is 40.5 Å². The Morgan fingerprint density at radius 3 is 2.57 bits per heavy atom. The summed E-state index contributed by atoms with van der Waals surface area (Å²) in [6.45, 7) is 0.434. The van der Waals surface area contributed by atoms with E-state index in [2.05, 4.69) is 0 Å². The van der Waals surface area contributed by atoms with E-state index in [0.717, 1.165) is 10.9 Å². The first kappa shape index (κ1) is 15.4. The largest absolute Gasteiger partial charge is 0.478 e. The number of hydrogen-bond donors (Lipinski definition) is 1. The highest BCUT2D eigenvalue weighted by atomic mass is 32.1. The summed E-state index contributed by atoms with van der Waals surface area (Å²) in [7, 11) is 1.65. The van der Waals surface area contributed by atoms with Crippen LogP contribution in [-0.2, 0) is 12.7 Å². The molecule has 0 aliphatic carbocycles. The molecule has 1 heterocycles. The van der Waals surface area contributed by atoms with Gasteiger partial charge >= 0.3 is 12.1 Å². The van der Waals surface area contributed by atoms with Crippen molar-refractivity contribution in [1.29, 1.82) is 0 Å². The number of carboxylic acid groups (broad SMARTS) is 1. The molecule has 0 fully saturated rings. The van der Waals surface area contributed by atoms with Gasteiger partial charge in [0.1, 0.15) is 0 Å². The molecule has 0 unspecified atom stereocenters. The highest BCUT2D eigenvalue weighted by Crippen LogP contribution is 2.33. The van der Waals surface area contributed by atoms with E-state index in [1.165, 1.54) is 17.4 Å². The number of aromatic carboxylic acids is 1. The van der Waals surface area contributed by atoms with Gasteiger partial charge in [-0.2, -0.15) is 13.2 Å². The first-order chi connectivity index (χ1) is 9.79. The maximum Gasteiger partial charge on any atom is 0.416 e.